The second-order valence-corrected chi connectivity index (χ2v) is 4.46. The van der Waals surface area contributed by atoms with Crippen LogP contribution in [0.25, 0.3) is 0 Å². The standard InChI is InChI=1S/C11H14N2O2/c1-15-10(14)8-4-7-5-12-6-11(2-3-11)9(7)13-8/h4,12-13H,2-3,5-6H2,1H3. The van der Waals surface area contributed by atoms with Crippen LogP contribution in [-0.4, -0.2) is 24.6 Å². The first-order valence-electron chi connectivity index (χ1n) is 5.27. The third-order valence-corrected chi connectivity index (χ3v) is 3.47. The summed E-state index contributed by atoms with van der Waals surface area (Å²) in [5, 5.41) is 3.39. The minimum atomic E-state index is -0.278. The summed E-state index contributed by atoms with van der Waals surface area (Å²) in [6.07, 6.45) is 2.43. The first-order valence-corrected chi connectivity index (χ1v) is 5.27. The molecule has 4 heteroatoms. The van der Waals surface area contributed by atoms with Crippen molar-refractivity contribution in [3.8, 4) is 0 Å². The van der Waals surface area contributed by atoms with E-state index in [9.17, 15) is 4.79 Å². The number of hydrogen-bond donors (Lipinski definition) is 2. The number of aromatic nitrogens is 1. The highest BCUT2D eigenvalue weighted by atomic mass is 16.5. The Hall–Kier alpha value is -1.29. The second-order valence-electron chi connectivity index (χ2n) is 4.46. The molecule has 0 atom stereocenters. The molecule has 3 rings (SSSR count). The monoisotopic (exact) mass is 206 g/mol. The fourth-order valence-electron chi connectivity index (χ4n) is 2.43. The van der Waals surface area contributed by atoms with Gasteiger partial charge in [-0.15, -0.1) is 0 Å². The Morgan fingerprint density at radius 2 is 2.33 bits per heavy atom. The van der Waals surface area contributed by atoms with Gasteiger partial charge in [0.05, 0.1) is 7.11 Å². The quantitative estimate of drug-likeness (QED) is 0.672. The molecule has 0 unspecified atom stereocenters. The summed E-state index contributed by atoms with van der Waals surface area (Å²) in [7, 11) is 1.41. The molecule has 2 N–H and O–H groups in total. The largest absolute Gasteiger partial charge is 0.464 e. The molecule has 80 valence electrons. The van der Waals surface area contributed by atoms with E-state index in [1.54, 1.807) is 0 Å². The Morgan fingerprint density at radius 3 is 3.00 bits per heavy atom. The van der Waals surface area contributed by atoms with Crippen molar-refractivity contribution in [2.45, 2.75) is 24.8 Å². The second kappa shape index (κ2) is 2.85. The van der Waals surface area contributed by atoms with E-state index in [4.69, 9.17) is 4.74 Å². The molecule has 0 saturated heterocycles. The Morgan fingerprint density at radius 1 is 1.53 bits per heavy atom. The van der Waals surface area contributed by atoms with E-state index in [2.05, 4.69) is 10.3 Å². The highest BCUT2D eigenvalue weighted by Crippen LogP contribution is 2.50. The Bertz CT molecular complexity index is 418. The number of carbonyl (C=O) groups excluding carboxylic acids is 1. The maximum Gasteiger partial charge on any atom is 0.354 e. The lowest BCUT2D eigenvalue weighted by Gasteiger charge is -2.22. The number of methoxy groups -OCH3 is 1. The van der Waals surface area contributed by atoms with Gasteiger partial charge in [-0.2, -0.15) is 0 Å². The Labute approximate surface area is 88.0 Å². The van der Waals surface area contributed by atoms with Crippen LogP contribution in [0.2, 0.25) is 0 Å². The number of fused-ring (bicyclic) bond motifs is 2. The van der Waals surface area contributed by atoms with Gasteiger partial charge in [0.2, 0.25) is 0 Å². The number of esters is 1. The van der Waals surface area contributed by atoms with Gasteiger partial charge in [0, 0.05) is 24.2 Å². The number of nitrogens with one attached hydrogen (secondary N) is 2. The van der Waals surface area contributed by atoms with Crippen molar-refractivity contribution in [1.29, 1.82) is 0 Å². The van der Waals surface area contributed by atoms with E-state index in [1.165, 1.54) is 31.2 Å². The summed E-state index contributed by atoms with van der Waals surface area (Å²) >= 11 is 0. The lowest BCUT2D eigenvalue weighted by molar-refractivity contribution is 0.0594. The van der Waals surface area contributed by atoms with Crippen LogP contribution in [0.3, 0.4) is 0 Å². The summed E-state index contributed by atoms with van der Waals surface area (Å²) < 4.78 is 4.71. The van der Waals surface area contributed by atoms with E-state index < -0.39 is 0 Å². The van der Waals surface area contributed by atoms with Crippen molar-refractivity contribution < 1.29 is 9.53 Å². The molecule has 1 aromatic heterocycles. The Kier molecular flexibility index (Phi) is 1.71. The van der Waals surface area contributed by atoms with Crippen molar-refractivity contribution in [3.05, 3.63) is 23.0 Å². The molecule has 0 aromatic carbocycles. The van der Waals surface area contributed by atoms with Gasteiger partial charge in [-0.1, -0.05) is 0 Å². The van der Waals surface area contributed by atoms with E-state index >= 15 is 0 Å². The number of H-pyrrole nitrogens is 1. The normalized spacial score (nSPS) is 21.1. The molecule has 1 spiro atoms. The smallest absolute Gasteiger partial charge is 0.354 e. The molecule has 2 aliphatic rings. The SMILES string of the molecule is COC(=O)c1cc2c([nH]1)C1(CC1)CNC2. The number of rotatable bonds is 1. The van der Waals surface area contributed by atoms with Gasteiger partial charge in [-0.25, -0.2) is 4.79 Å². The van der Waals surface area contributed by atoms with Crippen molar-refractivity contribution >= 4 is 5.97 Å². The predicted octanol–water partition coefficient (Wildman–Crippen LogP) is 0.936. The molecule has 1 saturated carbocycles. The molecule has 1 fully saturated rings. The summed E-state index contributed by atoms with van der Waals surface area (Å²) in [5.41, 5.74) is 3.35. The number of ether oxygens (including phenoxy) is 1. The maximum atomic E-state index is 11.4. The molecule has 15 heavy (non-hydrogen) atoms. The van der Waals surface area contributed by atoms with Crippen molar-refractivity contribution in [2.75, 3.05) is 13.7 Å². The Balaban J connectivity index is 2.03. The van der Waals surface area contributed by atoms with Crippen LogP contribution in [-0.2, 0) is 16.7 Å². The van der Waals surface area contributed by atoms with Gasteiger partial charge >= 0.3 is 5.97 Å². The molecule has 1 aromatic rings. The predicted molar refractivity (Wildman–Crippen MR) is 54.8 cm³/mol. The average molecular weight is 206 g/mol. The van der Waals surface area contributed by atoms with Gasteiger partial charge in [0.25, 0.3) is 0 Å². The summed E-state index contributed by atoms with van der Waals surface area (Å²) in [4.78, 5) is 14.6. The van der Waals surface area contributed by atoms with Crippen molar-refractivity contribution in [1.82, 2.24) is 10.3 Å². The first-order chi connectivity index (χ1) is 7.25. The first kappa shape index (κ1) is 8.97. The fourth-order valence-corrected chi connectivity index (χ4v) is 2.43. The molecule has 1 aliphatic heterocycles. The zero-order chi connectivity index (χ0) is 10.5. The fraction of sp³-hybridized carbons (Fsp3) is 0.545. The lowest BCUT2D eigenvalue weighted by atomic mass is 9.95. The van der Waals surface area contributed by atoms with Gasteiger partial charge in [0.15, 0.2) is 0 Å². The molecule has 0 amide bonds. The van der Waals surface area contributed by atoms with Gasteiger partial charge in [-0.05, 0) is 24.5 Å². The van der Waals surface area contributed by atoms with Crippen LogP contribution in [0, 0.1) is 0 Å². The van der Waals surface area contributed by atoms with E-state index in [0.29, 0.717) is 11.1 Å². The summed E-state index contributed by atoms with van der Waals surface area (Å²) in [5.74, 6) is -0.278. The zero-order valence-corrected chi connectivity index (χ0v) is 8.72. The van der Waals surface area contributed by atoms with Gasteiger partial charge in [0.1, 0.15) is 5.69 Å². The minimum absolute atomic E-state index is 0.278. The summed E-state index contributed by atoms with van der Waals surface area (Å²) in [6, 6.07) is 1.91. The van der Waals surface area contributed by atoms with Crippen LogP contribution >= 0.6 is 0 Å². The highest BCUT2D eigenvalue weighted by molar-refractivity contribution is 5.88. The maximum absolute atomic E-state index is 11.4. The van der Waals surface area contributed by atoms with Crippen molar-refractivity contribution in [3.63, 3.8) is 0 Å². The highest BCUT2D eigenvalue weighted by Gasteiger charge is 2.48. The molecule has 1 aliphatic carbocycles. The van der Waals surface area contributed by atoms with E-state index in [-0.39, 0.29) is 5.97 Å². The summed E-state index contributed by atoms with van der Waals surface area (Å²) in [6.45, 7) is 1.88. The van der Waals surface area contributed by atoms with Crippen LogP contribution in [0.1, 0.15) is 34.6 Å². The molecule has 4 nitrogen and oxygen atoms in total. The number of carbonyl (C=O) groups is 1. The molecule has 0 bridgehead atoms. The molecule has 2 heterocycles. The van der Waals surface area contributed by atoms with Crippen LogP contribution in [0.4, 0.5) is 0 Å². The van der Waals surface area contributed by atoms with Crippen LogP contribution in [0.15, 0.2) is 6.07 Å². The van der Waals surface area contributed by atoms with Gasteiger partial charge in [-0.3, -0.25) is 0 Å². The minimum Gasteiger partial charge on any atom is -0.464 e. The van der Waals surface area contributed by atoms with Gasteiger partial charge < -0.3 is 15.0 Å². The lowest BCUT2D eigenvalue weighted by Crippen LogP contribution is -2.33. The van der Waals surface area contributed by atoms with Crippen LogP contribution < -0.4 is 5.32 Å². The van der Waals surface area contributed by atoms with Crippen LogP contribution in [0.5, 0.6) is 0 Å². The number of hydrogen-bond acceptors (Lipinski definition) is 3. The van der Waals surface area contributed by atoms with E-state index in [1.807, 2.05) is 6.07 Å². The molecule has 0 radical (unpaired) electrons. The number of aromatic amines is 1. The molecular formula is C11H14N2O2. The molecular weight excluding hydrogens is 192 g/mol. The third kappa shape index (κ3) is 1.21. The van der Waals surface area contributed by atoms with E-state index in [0.717, 1.165) is 13.1 Å². The zero-order valence-electron chi connectivity index (χ0n) is 8.72. The third-order valence-electron chi connectivity index (χ3n) is 3.47. The topological polar surface area (TPSA) is 54.1 Å². The van der Waals surface area contributed by atoms with Crippen molar-refractivity contribution in [2.24, 2.45) is 0 Å². The average Bonchev–Trinajstić information content (AvgIpc) is 2.87.